The van der Waals surface area contributed by atoms with Crippen LogP contribution in [0.3, 0.4) is 0 Å². The summed E-state index contributed by atoms with van der Waals surface area (Å²) in [6.07, 6.45) is 0. The van der Waals surface area contributed by atoms with Gasteiger partial charge in [0.05, 0.1) is 0 Å². The topological polar surface area (TPSA) is 36.9 Å². The second kappa shape index (κ2) is 11.1. The fourth-order valence-electron chi connectivity index (χ4n) is 3.65. The molecule has 0 N–H and O–H groups in total. The van der Waals surface area contributed by atoms with Gasteiger partial charge in [0.2, 0.25) is 0 Å². The second-order valence-corrected chi connectivity index (χ2v) is 14.8. The largest absolute Gasteiger partial charge is 0.512 e. The van der Waals surface area contributed by atoms with Crippen molar-refractivity contribution in [3.05, 3.63) is 121 Å². The first-order valence-electron chi connectivity index (χ1n) is 11.5. The van der Waals surface area contributed by atoms with Crippen molar-refractivity contribution in [3.8, 4) is 23.0 Å². The van der Waals surface area contributed by atoms with Crippen molar-refractivity contribution in [2.45, 2.75) is 25.2 Å². The molecule has 0 heterocycles. The smallest absolute Gasteiger partial charge is 0.457 e. The zero-order valence-electron chi connectivity index (χ0n) is 19.6. The first kappa shape index (κ1) is 23.7. The lowest BCUT2D eigenvalue weighted by atomic mass is 10.3. The van der Waals surface area contributed by atoms with Crippen LogP contribution in [-0.4, -0.2) is 17.1 Å². The van der Waals surface area contributed by atoms with Crippen LogP contribution in [0.2, 0.25) is 25.2 Å². The number of para-hydroxylation sites is 4. The van der Waals surface area contributed by atoms with Crippen LogP contribution in [0.15, 0.2) is 121 Å². The highest BCUT2D eigenvalue weighted by atomic mass is 28.4. The Morgan fingerprint density at radius 3 is 0.794 bits per heavy atom. The molecular formula is C28H30O4Si2. The van der Waals surface area contributed by atoms with Crippen LogP contribution in [0.4, 0.5) is 0 Å². The fraction of sp³-hybridized carbons (Fsp3) is 0.143. The third kappa shape index (κ3) is 7.00. The zero-order chi connectivity index (χ0) is 23.7. The van der Waals surface area contributed by atoms with E-state index in [1.807, 2.05) is 121 Å². The van der Waals surface area contributed by atoms with Crippen molar-refractivity contribution in [3.63, 3.8) is 0 Å². The molecule has 0 saturated carbocycles. The summed E-state index contributed by atoms with van der Waals surface area (Å²) in [4.78, 5) is 0. The number of hydrogen-bond acceptors (Lipinski definition) is 4. The molecule has 34 heavy (non-hydrogen) atoms. The van der Waals surface area contributed by atoms with Gasteiger partial charge in [0.15, 0.2) is 0 Å². The van der Waals surface area contributed by atoms with Crippen molar-refractivity contribution in [2.24, 2.45) is 0 Å². The zero-order valence-corrected chi connectivity index (χ0v) is 21.6. The van der Waals surface area contributed by atoms with E-state index in [4.69, 9.17) is 17.7 Å². The second-order valence-electron chi connectivity index (χ2n) is 8.43. The minimum Gasteiger partial charge on any atom is -0.512 e. The fourth-order valence-corrected chi connectivity index (χ4v) is 10.3. The monoisotopic (exact) mass is 486 g/mol. The normalized spacial score (nSPS) is 11.5. The van der Waals surface area contributed by atoms with Crippen LogP contribution < -0.4 is 17.7 Å². The molecule has 4 aromatic rings. The standard InChI is InChI=1S/C28H30O4Si2/c1-33(29-25-15-7-3-8-16-25,30-26-17-9-4-10-18-26)23-24-34(2,31-27-19-11-5-12-20-27)32-28-21-13-6-14-22-28/h3-22H,23-24H2,1-2H3. The van der Waals surface area contributed by atoms with Crippen molar-refractivity contribution in [1.29, 1.82) is 0 Å². The lowest BCUT2D eigenvalue weighted by Crippen LogP contribution is -2.51. The van der Waals surface area contributed by atoms with Gasteiger partial charge < -0.3 is 17.7 Å². The molecule has 0 bridgehead atoms. The maximum atomic E-state index is 6.53. The van der Waals surface area contributed by atoms with E-state index < -0.39 is 17.1 Å². The Balaban J connectivity index is 1.57. The molecule has 0 saturated heterocycles. The molecule has 0 aliphatic rings. The maximum Gasteiger partial charge on any atom is 0.457 e. The molecule has 0 aromatic heterocycles. The summed E-state index contributed by atoms with van der Waals surface area (Å²) in [5.41, 5.74) is 0. The Kier molecular flexibility index (Phi) is 7.72. The summed E-state index contributed by atoms with van der Waals surface area (Å²) in [6.45, 7) is 4.21. The van der Waals surface area contributed by atoms with E-state index in [2.05, 4.69) is 13.1 Å². The van der Waals surface area contributed by atoms with Gasteiger partial charge in [0, 0.05) is 25.2 Å². The van der Waals surface area contributed by atoms with E-state index in [9.17, 15) is 0 Å². The molecule has 174 valence electrons. The van der Waals surface area contributed by atoms with Crippen LogP contribution in [0.5, 0.6) is 23.0 Å². The molecule has 0 amide bonds. The van der Waals surface area contributed by atoms with Crippen LogP contribution in [0.1, 0.15) is 0 Å². The van der Waals surface area contributed by atoms with Crippen LogP contribution in [0.25, 0.3) is 0 Å². The lowest BCUT2D eigenvalue weighted by molar-refractivity contribution is 0.372. The minimum absolute atomic E-state index is 0.708. The average molecular weight is 487 g/mol. The molecule has 4 aromatic carbocycles. The first-order chi connectivity index (χ1) is 16.5. The van der Waals surface area contributed by atoms with Gasteiger partial charge in [-0.2, -0.15) is 0 Å². The van der Waals surface area contributed by atoms with Crippen molar-refractivity contribution >= 4 is 17.1 Å². The predicted molar refractivity (Wildman–Crippen MR) is 141 cm³/mol. The molecule has 0 atom stereocenters. The highest BCUT2D eigenvalue weighted by molar-refractivity contribution is 6.73. The van der Waals surface area contributed by atoms with E-state index in [-0.39, 0.29) is 0 Å². The summed E-state index contributed by atoms with van der Waals surface area (Å²) in [5, 5.41) is 0. The first-order valence-corrected chi connectivity index (χ1v) is 16.5. The Morgan fingerprint density at radius 1 is 0.382 bits per heavy atom. The Hall–Kier alpha value is -3.49. The highest BCUT2D eigenvalue weighted by Crippen LogP contribution is 2.30. The van der Waals surface area contributed by atoms with Crippen LogP contribution >= 0.6 is 0 Å². The summed E-state index contributed by atoms with van der Waals surface area (Å²) >= 11 is 0. The molecule has 6 heteroatoms. The van der Waals surface area contributed by atoms with Crippen molar-refractivity contribution < 1.29 is 17.7 Å². The summed E-state index contributed by atoms with van der Waals surface area (Å²) in [7, 11) is -5.40. The Morgan fingerprint density at radius 2 is 0.588 bits per heavy atom. The van der Waals surface area contributed by atoms with Crippen LogP contribution in [0, 0.1) is 0 Å². The number of benzene rings is 4. The van der Waals surface area contributed by atoms with Crippen molar-refractivity contribution in [1.82, 2.24) is 0 Å². The lowest BCUT2D eigenvalue weighted by Gasteiger charge is -2.33. The number of hydrogen-bond donors (Lipinski definition) is 0. The molecule has 0 aliphatic heterocycles. The molecular weight excluding hydrogens is 456 g/mol. The summed E-state index contributed by atoms with van der Waals surface area (Å²) in [5.74, 6) is 3.24. The quantitative estimate of drug-likeness (QED) is 0.206. The van der Waals surface area contributed by atoms with Gasteiger partial charge in [0.25, 0.3) is 0 Å². The third-order valence-corrected chi connectivity index (χ3v) is 10.8. The van der Waals surface area contributed by atoms with Gasteiger partial charge in [-0.1, -0.05) is 72.8 Å². The Bertz CT molecular complexity index is 950. The molecule has 0 spiro atoms. The molecule has 0 fully saturated rings. The Labute approximate surface area is 204 Å². The van der Waals surface area contributed by atoms with Crippen molar-refractivity contribution in [2.75, 3.05) is 0 Å². The molecule has 4 nitrogen and oxygen atoms in total. The molecule has 0 aliphatic carbocycles. The van der Waals surface area contributed by atoms with Gasteiger partial charge in [-0.05, 0) is 48.5 Å². The minimum atomic E-state index is -2.70. The predicted octanol–water partition coefficient (Wildman–Crippen LogP) is 7.45. The summed E-state index contributed by atoms with van der Waals surface area (Å²) < 4.78 is 26.1. The number of rotatable bonds is 11. The van der Waals surface area contributed by atoms with Gasteiger partial charge >= 0.3 is 17.1 Å². The highest BCUT2D eigenvalue weighted by Gasteiger charge is 2.44. The van der Waals surface area contributed by atoms with E-state index in [1.165, 1.54) is 0 Å². The van der Waals surface area contributed by atoms with E-state index in [0.717, 1.165) is 23.0 Å². The molecule has 0 unspecified atom stereocenters. The molecule has 4 rings (SSSR count). The van der Waals surface area contributed by atoms with Gasteiger partial charge in [-0.25, -0.2) is 0 Å². The average Bonchev–Trinajstić information content (AvgIpc) is 2.85. The van der Waals surface area contributed by atoms with E-state index >= 15 is 0 Å². The molecule has 0 radical (unpaired) electrons. The van der Waals surface area contributed by atoms with Gasteiger partial charge in [0.1, 0.15) is 23.0 Å². The van der Waals surface area contributed by atoms with Crippen LogP contribution in [-0.2, 0) is 0 Å². The summed E-state index contributed by atoms with van der Waals surface area (Å²) in [6, 6.07) is 40.9. The van der Waals surface area contributed by atoms with Gasteiger partial charge in [-0.15, -0.1) is 0 Å². The van der Waals surface area contributed by atoms with E-state index in [0.29, 0.717) is 12.1 Å². The van der Waals surface area contributed by atoms with E-state index in [1.54, 1.807) is 0 Å². The maximum absolute atomic E-state index is 6.53. The SMILES string of the molecule is C[Si](CC[Si](C)(Oc1ccccc1)Oc1ccccc1)(Oc1ccccc1)Oc1ccccc1. The van der Waals surface area contributed by atoms with Gasteiger partial charge in [-0.3, -0.25) is 0 Å². The third-order valence-electron chi connectivity index (χ3n) is 5.34.